The molecule has 6 heteroatoms. The largest absolute Gasteiger partial charge is 0.457 e. The van der Waals surface area contributed by atoms with E-state index in [1.807, 2.05) is 30.3 Å². The predicted molar refractivity (Wildman–Crippen MR) is 108 cm³/mol. The summed E-state index contributed by atoms with van der Waals surface area (Å²) in [6.45, 7) is -0.0114. The minimum atomic E-state index is -0.239. The number of carbonyl (C=O) groups is 2. The van der Waals surface area contributed by atoms with Crippen LogP contribution in [0.2, 0.25) is 0 Å². The van der Waals surface area contributed by atoms with Crippen LogP contribution in [0, 0.1) is 0 Å². The van der Waals surface area contributed by atoms with Crippen molar-refractivity contribution in [1.82, 2.24) is 0 Å². The Hall–Kier alpha value is -3.64. The standard InChI is InChI=1S/C22H20N2O4/c1-27-15-21(25)23-17-9-11-18(12-10-17)24-22(26)16-7-13-20(14-8-16)28-19-5-3-2-4-6-19/h2-14H,15H2,1H3,(H,23,25)(H,24,26). The molecule has 0 saturated heterocycles. The predicted octanol–water partition coefficient (Wildman–Crippen LogP) is 4.32. The van der Waals surface area contributed by atoms with E-state index in [-0.39, 0.29) is 18.4 Å². The molecule has 0 aromatic heterocycles. The van der Waals surface area contributed by atoms with Crippen molar-refractivity contribution in [2.75, 3.05) is 24.4 Å². The maximum absolute atomic E-state index is 12.4. The van der Waals surface area contributed by atoms with Crippen LogP contribution in [0.3, 0.4) is 0 Å². The fourth-order valence-corrected chi connectivity index (χ4v) is 2.47. The monoisotopic (exact) mass is 376 g/mol. The molecule has 0 fully saturated rings. The van der Waals surface area contributed by atoms with Gasteiger partial charge in [-0.05, 0) is 60.7 Å². The number of nitrogens with one attached hydrogen (secondary N) is 2. The Kier molecular flexibility index (Phi) is 6.38. The molecule has 2 amide bonds. The van der Waals surface area contributed by atoms with Gasteiger partial charge in [-0.25, -0.2) is 0 Å². The van der Waals surface area contributed by atoms with Gasteiger partial charge >= 0.3 is 0 Å². The van der Waals surface area contributed by atoms with Crippen LogP contribution >= 0.6 is 0 Å². The summed E-state index contributed by atoms with van der Waals surface area (Å²) >= 11 is 0. The van der Waals surface area contributed by atoms with Crippen molar-refractivity contribution in [2.45, 2.75) is 0 Å². The van der Waals surface area contributed by atoms with Gasteiger partial charge in [0.15, 0.2) is 0 Å². The molecule has 0 unspecified atom stereocenters. The van der Waals surface area contributed by atoms with Crippen molar-refractivity contribution >= 4 is 23.2 Å². The number of carbonyl (C=O) groups excluding carboxylic acids is 2. The second-order valence-corrected chi connectivity index (χ2v) is 5.95. The van der Waals surface area contributed by atoms with E-state index in [9.17, 15) is 9.59 Å². The molecule has 0 aliphatic carbocycles. The van der Waals surface area contributed by atoms with Gasteiger partial charge in [0.2, 0.25) is 5.91 Å². The van der Waals surface area contributed by atoms with Gasteiger partial charge in [-0.15, -0.1) is 0 Å². The van der Waals surface area contributed by atoms with Crippen LogP contribution in [0.4, 0.5) is 11.4 Å². The quantitative estimate of drug-likeness (QED) is 0.644. The van der Waals surface area contributed by atoms with Crippen LogP contribution in [0.15, 0.2) is 78.9 Å². The molecule has 142 valence electrons. The lowest BCUT2D eigenvalue weighted by atomic mass is 10.2. The number of ether oxygens (including phenoxy) is 2. The maximum atomic E-state index is 12.4. The molecule has 0 atom stereocenters. The fourth-order valence-electron chi connectivity index (χ4n) is 2.47. The summed E-state index contributed by atoms with van der Waals surface area (Å²) in [6, 6.07) is 23.2. The second kappa shape index (κ2) is 9.34. The van der Waals surface area contributed by atoms with E-state index in [2.05, 4.69) is 10.6 Å². The van der Waals surface area contributed by atoms with Crippen molar-refractivity contribution in [1.29, 1.82) is 0 Å². The first kappa shape index (κ1) is 19.1. The van der Waals surface area contributed by atoms with Crippen molar-refractivity contribution in [3.63, 3.8) is 0 Å². The van der Waals surface area contributed by atoms with E-state index in [1.54, 1.807) is 48.5 Å². The number of benzene rings is 3. The lowest BCUT2D eigenvalue weighted by Gasteiger charge is -2.09. The summed E-state index contributed by atoms with van der Waals surface area (Å²) in [5.74, 6) is 0.913. The lowest BCUT2D eigenvalue weighted by Crippen LogP contribution is -2.17. The van der Waals surface area contributed by atoms with Crippen molar-refractivity contribution in [2.24, 2.45) is 0 Å². The van der Waals surface area contributed by atoms with Gasteiger partial charge in [-0.3, -0.25) is 9.59 Å². The molecule has 2 N–H and O–H groups in total. The number of amides is 2. The topological polar surface area (TPSA) is 76.7 Å². The first-order chi connectivity index (χ1) is 13.6. The van der Waals surface area contributed by atoms with Gasteiger partial charge in [-0.1, -0.05) is 18.2 Å². The second-order valence-electron chi connectivity index (χ2n) is 5.95. The third kappa shape index (κ3) is 5.43. The van der Waals surface area contributed by atoms with Gasteiger partial charge in [-0.2, -0.15) is 0 Å². The molecule has 0 saturated carbocycles. The van der Waals surface area contributed by atoms with Crippen LogP contribution in [0.1, 0.15) is 10.4 Å². The van der Waals surface area contributed by atoms with Gasteiger partial charge in [0.05, 0.1) is 0 Å². The third-order valence-electron chi connectivity index (χ3n) is 3.80. The van der Waals surface area contributed by atoms with E-state index in [4.69, 9.17) is 9.47 Å². The van der Waals surface area contributed by atoms with Gasteiger partial charge in [0.1, 0.15) is 18.1 Å². The zero-order chi connectivity index (χ0) is 19.8. The molecule has 0 aliphatic heterocycles. The van der Waals surface area contributed by atoms with Crippen molar-refractivity contribution < 1.29 is 19.1 Å². The zero-order valence-corrected chi connectivity index (χ0v) is 15.3. The van der Waals surface area contributed by atoms with Crippen molar-refractivity contribution in [3.8, 4) is 11.5 Å². The average molecular weight is 376 g/mol. The molecule has 0 radical (unpaired) electrons. The zero-order valence-electron chi connectivity index (χ0n) is 15.3. The molecule has 0 aliphatic rings. The number of hydrogen-bond donors (Lipinski definition) is 2. The highest BCUT2D eigenvalue weighted by Crippen LogP contribution is 2.21. The lowest BCUT2D eigenvalue weighted by molar-refractivity contribution is -0.119. The smallest absolute Gasteiger partial charge is 0.255 e. The molecule has 6 nitrogen and oxygen atoms in total. The summed E-state index contributed by atoms with van der Waals surface area (Å²) < 4.78 is 10.5. The molecule has 3 aromatic carbocycles. The SMILES string of the molecule is COCC(=O)Nc1ccc(NC(=O)c2ccc(Oc3ccccc3)cc2)cc1. The van der Waals surface area contributed by atoms with Gasteiger partial charge in [0.25, 0.3) is 5.91 Å². The Morgan fingerprint density at radius 3 is 1.93 bits per heavy atom. The van der Waals surface area contributed by atoms with Gasteiger partial charge < -0.3 is 20.1 Å². The molecular weight excluding hydrogens is 356 g/mol. The maximum Gasteiger partial charge on any atom is 0.255 e. The highest BCUT2D eigenvalue weighted by molar-refractivity contribution is 6.04. The summed E-state index contributed by atoms with van der Waals surface area (Å²) in [7, 11) is 1.46. The normalized spacial score (nSPS) is 10.2. The number of anilines is 2. The summed E-state index contributed by atoms with van der Waals surface area (Å²) in [6.07, 6.45) is 0. The Bertz CT molecular complexity index is 923. The van der Waals surface area contributed by atoms with Crippen LogP contribution in [0.25, 0.3) is 0 Å². The van der Waals surface area contributed by atoms with Gasteiger partial charge in [0, 0.05) is 24.0 Å². The number of hydrogen-bond acceptors (Lipinski definition) is 4. The Balaban J connectivity index is 1.57. The average Bonchev–Trinajstić information content (AvgIpc) is 2.71. The minimum Gasteiger partial charge on any atom is -0.457 e. The van der Waals surface area contributed by atoms with Crippen LogP contribution in [-0.2, 0) is 9.53 Å². The van der Waals surface area contributed by atoms with Crippen LogP contribution in [-0.4, -0.2) is 25.5 Å². The number of methoxy groups -OCH3 is 1. The van der Waals surface area contributed by atoms with E-state index >= 15 is 0 Å². The molecule has 0 bridgehead atoms. The summed E-state index contributed by atoms with van der Waals surface area (Å²) in [5.41, 5.74) is 1.76. The highest BCUT2D eigenvalue weighted by atomic mass is 16.5. The fraction of sp³-hybridized carbons (Fsp3) is 0.0909. The summed E-state index contributed by atoms with van der Waals surface area (Å²) in [4.78, 5) is 23.9. The number of rotatable bonds is 7. The molecule has 0 heterocycles. The minimum absolute atomic E-state index is 0.0114. The Morgan fingerprint density at radius 1 is 0.750 bits per heavy atom. The highest BCUT2D eigenvalue weighted by Gasteiger charge is 2.07. The van der Waals surface area contributed by atoms with Crippen LogP contribution in [0.5, 0.6) is 11.5 Å². The molecule has 3 rings (SSSR count). The van der Waals surface area contributed by atoms with Crippen molar-refractivity contribution in [3.05, 3.63) is 84.4 Å². The van der Waals surface area contributed by atoms with E-state index < -0.39 is 0 Å². The van der Waals surface area contributed by atoms with Crippen LogP contribution < -0.4 is 15.4 Å². The Morgan fingerprint density at radius 2 is 1.32 bits per heavy atom. The molecular formula is C22H20N2O4. The van der Waals surface area contributed by atoms with E-state index in [1.165, 1.54) is 7.11 Å². The molecule has 3 aromatic rings. The van der Waals surface area contributed by atoms with E-state index in [0.717, 1.165) is 5.75 Å². The summed E-state index contributed by atoms with van der Waals surface area (Å²) in [5, 5.41) is 5.51. The molecule has 28 heavy (non-hydrogen) atoms. The first-order valence-electron chi connectivity index (χ1n) is 8.67. The van der Waals surface area contributed by atoms with E-state index in [0.29, 0.717) is 22.7 Å². The molecule has 0 spiro atoms. The first-order valence-corrected chi connectivity index (χ1v) is 8.67. The third-order valence-corrected chi connectivity index (χ3v) is 3.80. The number of para-hydroxylation sites is 1. The Labute approximate surface area is 163 Å².